The van der Waals surface area contributed by atoms with Crippen molar-refractivity contribution < 1.29 is 13.2 Å². The largest absolute Gasteiger partial charge is 0.273 e. The van der Waals surface area contributed by atoms with Gasteiger partial charge in [-0.2, -0.15) is 0 Å². The molecule has 0 N–H and O–H groups in total. The predicted molar refractivity (Wildman–Crippen MR) is 131 cm³/mol. The highest BCUT2D eigenvalue weighted by Crippen LogP contribution is 2.38. The van der Waals surface area contributed by atoms with E-state index in [9.17, 15) is 13.2 Å². The number of rotatable bonds is 4. The molecule has 0 unspecified atom stereocenters. The van der Waals surface area contributed by atoms with Gasteiger partial charge in [0, 0.05) is 12.3 Å². The number of aryl methyl sites for hydroxylation is 1. The van der Waals surface area contributed by atoms with Crippen LogP contribution in [0.2, 0.25) is 0 Å². The van der Waals surface area contributed by atoms with Crippen LogP contribution in [0.5, 0.6) is 0 Å². The Morgan fingerprint density at radius 1 is 0.788 bits per heavy atom. The van der Waals surface area contributed by atoms with Crippen molar-refractivity contribution in [1.82, 2.24) is 4.31 Å². The molecular formula is C28H23NO3S. The van der Waals surface area contributed by atoms with E-state index in [0.29, 0.717) is 11.3 Å². The van der Waals surface area contributed by atoms with E-state index < -0.39 is 15.9 Å². The Bertz CT molecular complexity index is 1470. The maximum atomic E-state index is 13.6. The van der Waals surface area contributed by atoms with Crippen LogP contribution < -0.4 is 0 Å². The van der Waals surface area contributed by atoms with E-state index in [1.165, 1.54) is 0 Å². The second-order valence-corrected chi connectivity index (χ2v) is 10.1. The van der Waals surface area contributed by atoms with Crippen molar-refractivity contribution >= 4 is 32.4 Å². The number of benzene rings is 4. The summed E-state index contributed by atoms with van der Waals surface area (Å²) >= 11 is 0. The molecule has 1 aliphatic rings. The summed E-state index contributed by atoms with van der Waals surface area (Å²) in [5.41, 5.74) is 3.02. The normalized spacial score (nSPS) is 16.6. The summed E-state index contributed by atoms with van der Waals surface area (Å²) in [4.78, 5) is 13.5. The first-order valence-electron chi connectivity index (χ1n) is 10.8. The first-order chi connectivity index (χ1) is 15.9. The van der Waals surface area contributed by atoms with Gasteiger partial charge in [-0.15, -0.1) is 0 Å². The molecule has 0 spiro atoms. The van der Waals surface area contributed by atoms with Crippen LogP contribution in [0.4, 0.5) is 0 Å². The Hall–Kier alpha value is -3.70. The number of amides is 1. The lowest BCUT2D eigenvalue weighted by molar-refractivity contribution is -0.124. The lowest BCUT2D eigenvalue weighted by atomic mass is 9.89. The van der Waals surface area contributed by atoms with Crippen LogP contribution in [-0.2, 0) is 14.8 Å². The van der Waals surface area contributed by atoms with Gasteiger partial charge >= 0.3 is 0 Å². The van der Waals surface area contributed by atoms with Crippen molar-refractivity contribution in [2.24, 2.45) is 0 Å². The monoisotopic (exact) mass is 453 g/mol. The van der Waals surface area contributed by atoms with Crippen LogP contribution in [-0.4, -0.2) is 18.6 Å². The minimum absolute atomic E-state index is 0.0831. The van der Waals surface area contributed by atoms with Gasteiger partial charge in [-0.25, -0.2) is 12.7 Å². The molecule has 0 aliphatic carbocycles. The lowest BCUT2D eigenvalue weighted by Gasteiger charge is -2.32. The minimum Gasteiger partial charge on any atom is -0.273 e. The fourth-order valence-electron chi connectivity index (χ4n) is 4.28. The van der Waals surface area contributed by atoms with Gasteiger partial charge in [0.15, 0.2) is 0 Å². The number of allylic oxidation sites excluding steroid dienone is 1. The molecule has 4 aromatic carbocycles. The van der Waals surface area contributed by atoms with Gasteiger partial charge in [-0.05, 0) is 41.0 Å². The highest BCUT2D eigenvalue weighted by atomic mass is 32.2. The number of hydrogen-bond donors (Lipinski definition) is 0. The zero-order valence-electron chi connectivity index (χ0n) is 18.2. The SMILES string of the molecule is Cc1ccc(S(=O)(=O)N2C(=O)C[C@H](c3ccc4ccccc4c3)C=C2c2ccccc2)cc1. The molecule has 0 bridgehead atoms. The second kappa shape index (κ2) is 8.34. The fourth-order valence-corrected chi connectivity index (χ4v) is 5.74. The van der Waals surface area contributed by atoms with Gasteiger partial charge in [0.25, 0.3) is 10.0 Å². The van der Waals surface area contributed by atoms with Crippen molar-refractivity contribution in [2.75, 3.05) is 0 Å². The van der Waals surface area contributed by atoms with Gasteiger partial charge in [0.1, 0.15) is 0 Å². The van der Waals surface area contributed by atoms with E-state index in [-0.39, 0.29) is 17.2 Å². The molecular weight excluding hydrogens is 430 g/mol. The van der Waals surface area contributed by atoms with Crippen LogP contribution >= 0.6 is 0 Å². The summed E-state index contributed by atoms with van der Waals surface area (Å²) in [7, 11) is -4.05. The highest BCUT2D eigenvalue weighted by molar-refractivity contribution is 7.90. The molecule has 0 fully saturated rings. The van der Waals surface area contributed by atoms with Gasteiger partial charge in [0.2, 0.25) is 5.91 Å². The van der Waals surface area contributed by atoms with E-state index in [4.69, 9.17) is 0 Å². The smallest absolute Gasteiger partial charge is 0.270 e. The van der Waals surface area contributed by atoms with E-state index in [0.717, 1.165) is 26.2 Å². The van der Waals surface area contributed by atoms with Crippen LogP contribution in [0.3, 0.4) is 0 Å². The average molecular weight is 454 g/mol. The number of hydrogen-bond acceptors (Lipinski definition) is 3. The van der Waals surface area contributed by atoms with E-state index in [1.807, 2.05) is 79.7 Å². The zero-order chi connectivity index (χ0) is 23.0. The van der Waals surface area contributed by atoms with Crippen LogP contribution in [0.1, 0.15) is 29.0 Å². The predicted octanol–water partition coefficient (Wildman–Crippen LogP) is 5.89. The molecule has 0 saturated carbocycles. The summed E-state index contributed by atoms with van der Waals surface area (Å²) in [6.07, 6.45) is 1.99. The Morgan fingerprint density at radius 2 is 1.45 bits per heavy atom. The summed E-state index contributed by atoms with van der Waals surface area (Å²) in [6, 6.07) is 30.0. The fraction of sp³-hybridized carbons (Fsp3) is 0.107. The third-order valence-electron chi connectivity index (χ3n) is 6.03. The number of sulfonamides is 1. The maximum Gasteiger partial charge on any atom is 0.270 e. The molecule has 164 valence electrons. The van der Waals surface area contributed by atoms with Gasteiger partial charge in [-0.3, -0.25) is 4.79 Å². The molecule has 0 saturated heterocycles. The van der Waals surface area contributed by atoms with Gasteiger partial charge < -0.3 is 0 Å². The van der Waals surface area contributed by atoms with Crippen molar-refractivity contribution in [3.8, 4) is 0 Å². The van der Waals surface area contributed by atoms with E-state index >= 15 is 0 Å². The quantitative estimate of drug-likeness (QED) is 0.387. The van der Waals surface area contributed by atoms with Crippen LogP contribution in [0.25, 0.3) is 16.5 Å². The Labute approximate surface area is 193 Å². The number of carbonyl (C=O) groups excluding carboxylic acids is 1. The third kappa shape index (κ3) is 3.96. The molecule has 1 amide bonds. The summed E-state index contributed by atoms with van der Waals surface area (Å²) in [5, 5.41) is 2.21. The molecule has 0 radical (unpaired) electrons. The molecule has 33 heavy (non-hydrogen) atoms. The second-order valence-electron chi connectivity index (χ2n) is 8.31. The zero-order valence-corrected chi connectivity index (χ0v) is 19.0. The van der Waals surface area contributed by atoms with Crippen LogP contribution in [0.15, 0.2) is 108 Å². The molecule has 1 aliphatic heterocycles. The molecule has 1 heterocycles. The van der Waals surface area contributed by atoms with E-state index in [2.05, 4.69) is 6.07 Å². The van der Waals surface area contributed by atoms with Gasteiger partial charge in [-0.1, -0.05) is 96.6 Å². The van der Waals surface area contributed by atoms with Crippen molar-refractivity contribution in [3.63, 3.8) is 0 Å². The molecule has 1 atom stereocenters. The van der Waals surface area contributed by atoms with E-state index in [1.54, 1.807) is 24.3 Å². The minimum atomic E-state index is -4.05. The molecule has 5 heteroatoms. The maximum absolute atomic E-state index is 13.6. The summed E-state index contributed by atoms with van der Waals surface area (Å²) in [6.45, 7) is 1.89. The topological polar surface area (TPSA) is 54.5 Å². The first kappa shape index (κ1) is 21.2. The number of carbonyl (C=O) groups is 1. The molecule has 4 aromatic rings. The summed E-state index contributed by atoms with van der Waals surface area (Å²) < 4.78 is 28.1. The lowest BCUT2D eigenvalue weighted by Crippen LogP contribution is -2.39. The molecule has 0 aromatic heterocycles. The Kier molecular flexibility index (Phi) is 5.35. The number of nitrogens with zero attached hydrogens (tertiary/aromatic N) is 1. The Morgan fingerprint density at radius 3 is 2.18 bits per heavy atom. The van der Waals surface area contributed by atoms with Crippen molar-refractivity contribution in [1.29, 1.82) is 0 Å². The molecule has 4 nitrogen and oxygen atoms in total. The van der Waals surface area contributed by atoms with Gasteiger partial charge in [0.05, 0.1) is 10.6 Å². The highest BCUT2D eigenvalue weighted by Gasteiger charge is 2.38. The average Bonchev–Trinajstić information content (AvgIpc) is 2.84. The number of fused-ring (bicyclic) bond motifs is 1. The Balaban J connectivity index is 1.64. The molecule has 5 rings (SSSR count). The standard InChI is InChI=1S/C28H23NO3S/c1-20-11-15-26(16-12-20)33(31,32)29-27(22-8-3-2-4-9-22)18-25(19-28(29)30)24-14-13-21-7-5-6-10-23(21)17-24/h2-18,25H,19H2,1H3/t25-/m1/s1. The summed E-state index contributed by atoms with van der Waals surface area (Å²) in [5.74, 6) is -0.656. The van der Waals surface area contributed by atoms with Crippen molar-refractivity contribution in [3.05, 3.63) is 120 Å². The van der Waals surface area contributed by atoms with Crippen molar-refractivity contribution in [2.45, 2.75) is 24.2 Å². The van der Waals surface area contributed by atoms with Crippen LogP contribution in [0, 0.1) is 6.92 Å². The third-order valence-corrected chi connectivity index (χ3v) is 7.78. The first-order valence-corrected chi connectivity index (χ1v) is 12.3.